The summed E-state index contributed by atoms with van der Waals surface area (Å²) in [4.78, 5) is 0. The molecule has 2 heterocycles. The fourth-order valence-electron chi connectivity index (χ4n) is 1.85. The first-order valence-corrected chi connectivity index (χ1v) is 5.28. The van der Waals surface area contributed by atoms with Gasteiger partial charge in [-0.05, 0) is 20.0 Å². The van der Waals surface area contributed by atoms with E-state index in [0.717, 1.165) is 11.4 Å². The van der Waals surface area contributed by atoms with Gasteiger partial charge in [-0.3, -0.25) is 9.36 Å². The zero-order valence-electron chi connectivity index (χ0n) is 10.1. The smallest absolute Gasteiger partial charge is 0.0840 e. The monoisotopic (exact) mass is 219 g/mol. The van der Waals surface area contributed by atoms with E-state index in [1.54, 1.807) is 0 Å². The molecular weight excluding hydrogens is 202 g/mol. The van der Waals surface area contributed by atoms with Gasteiger partial charge in [-0.2, -0.15) is 10.2 Å². The van der Waals surface area contributed by atoms with E-state index in [9.17, 15) is 0 Å². The van der Waals surface area contributed by atoms with Crippen LogP contribution in [0.5, 0.6) is 0 Å². The maximum absolute atomic E-state index is 4.43. The van der Waals surface area contributed by atoms with E-state index in [-0.39, 0.29) is 6.04 Å². The third-order valence-electron chi connectivity index (χ3n) is 2.90. The molecule has 2 rings (SSSR count). The molecule has 2 aromatic heterocycles. The molecule has 0 bridgehead atoms. The van der Waals surface area contributed by atoms with E-state index in [2.05, 4.69) is 22.4 Å². The van der Waals surface area contributed by atoms with E-state index in [1.165, 1.54) is 5.56 Å². The largest absolute Gasteiger partial charge is 0.308 e. The maximum Gasteiger partial charge on any atom is 0.0840 e. The normalized spacial score (nSPS) is 13.0. The first kappa shape index (κ1) is 10.9. The van der Waals surface area contributed by atoms with Crippen molar-refractivity contribution in [2.24, 2.45) is 14.1 Å². The Morgan fingerprint density at radius 2 is 2.12 bits per heavy atom. The lowest BCUT2D eigenvalue weighted by molar-refractivity contribution is 0.636. The van der Waals surface area contributed by atoms with Crippen LogP contribution in [-0.4, -0.2) is 26.6 Å². The molecule has 1 unspecified atom stereocenters. The minimum Gasteiger partial charge on any atom is -0.308 e. The van der Waals surface area contributed by atoms with E-state index < -0.39 is 0 Å². The highest BCUT2D eigenvalue weighted by Gasteiger charge is 2.18. The Labute approximate surface area is 95.1 Å². The minimum atomic E-state index is 0.106. The number of rotatable bonds is 3. The average Bonchev–Trinajstić information content (AvgIpc) is 2.81. The van der Waals surface area contributed by atoms with Gasteiger partial charge in [-0.25, -0.2) is 0 Å². The van der Waals surface area contributed by atoms with Crippen molar-refractivity contribution in [3.8, 4) is 0 Å². The standard InChI is InChI=1S/C11H17N5/c1-8-9(7-13-16(8)4)11(12-2)10-5-6-15(3)14-10/h5-7,11-12H,1-4H3. The second kappa shape index (κ2) is 4.09. The Bertz CT molecular complexity index is 482. The van der Waals surface area contributed by atoms with Crippen LogP contribution in [-0.2, 0) is 14.1 Å². The summed E-state index contributed by atoms with van der Waals surface area (Å²) >= 11 is 0. The Morgan fingerprint density at radius 1 is 1.38 bits per heavy atom. The highest BCUT2D eigenvalue weighted by molar-refractivity contribution is 5.28. The van der Waals surface area contributed by atoms with E-state index in [0.29, 0.717) is 0 Å². The lowest BCUT2D eigenvalue weighted by atomic mass is 10.1. The van der Waals surface area contributed by atoms with E-state index in [4.69, 9.17) is 0 Å². The van der Waals surface area contributed by atoms with Gasteiger partial charge in [0.25, 0.3) is 0 Å². The fraction of sp³-hybridized carbons (Fsp3) is 0.455. The van der Waals surface area contributed by atoms with Crippen molar-refractivity contribution < 1.29 is 0 Å². The summed E-state index contributed by atoms with van der Waals surface area (Å²) in [6, 6.07) is 2.13. The molecule has 0 saturated heterocycles. The third kappa shape index (κ3) is 1.74. The Hall–Kier alpha value is -1.62. The van der Waals surface area contributed by atoms with Crippen LogP contribution in [0.25, 0.3) is 0 Å². The highest BCUT2D eigenvalue weighted by atomic mass is 15.3. The van der Waals surface area contributed by atoms with Gasteiger partial charge < -0.3 is 5.32 Å². The van der Waals surface area contributed by atoms with Gasteiger partial charge >= 0.3 is 0 Å². The first-order valence-electron chi connectivity index (χ1n) is 5.28. The number of aromatic nitrogens is 4. The number of hydrogen-bond donors (Lipinski definition) is 1. The molecule has 5 nitrogen and oxygen atoms in total. The van der Waals surface area contributed by atoms with Crippen LogP contribution in [0, 0.1) is 6.92 Å². The molecule has 0 aliphatic rings. The molecule has 0 saturated carbocycles. The zero-order chi connectivity index (χ0) is 11.7. The summed E-state index contributed by atoms with van der Waals surface area (Å²) in [6.45, 7) is 2.07. The average molecular weight is 219 g/mol. The van der Waals surface area contributed by atoms with Gasteiger partial charge in [0.2, 0.25) is 0 Å². The van der Waals surface area contributed by atoms with Crippen LogP contribution in [0.15, 0.2) is 18.5 Å². The first-order chi connectivity index (χ1) is 7.63. The van der Waals surface area contributed by atoms with Crippen molar-refractivity contribution in [3.63, 3.8) is 0 Å². The van der Waals surface area contributed by atoms with Crippen LogP contribution in [0.4, 0.5) is 0 Å². The number of hydrogen-bond acceptors (Lipinski definition) is 3. The predicted molar refractivity (Wildman–Crippen MR) is 62.1 cm³/mol. The van der Waals surface area contributed by atoms with Gasteiger partial charge in [0.1, 0.15) is 0 Å². The molecule has 0 fully saturated rings. The van der Waals surface area contributed by atoms with Gasteiger partial charge in [-0.1, -0.05) is 0 Å². The Morgan fingerprint density at radius 3 is 2.56 bits per heavy atom. The second-order valence-corrected chi connectivity index (χ2v) is 3.94. The molecule has 1 atom stereocenters. The lowest BCUT2D eigenvalue weighted by Crippen LogP contribution is -2.19. The van der Waals surface area contributed by atoms with Crippen molar-refractivity contribution in [1.82, 2.24) is 24.9 Å². The van der Waals surface area contributed by atoms with Gasteiger partial charge in [0, 0.05) is 31.5 Å². The maximum atomic E-state index is 4.43. The summed E-state index contributed by atoms with van der Waals surface area (Å²) in [6.07, 6.45) is 3.84. The van der Waals surface area contributed by atoms with Gasteiger partial charge in [-0.15, -0.1) is 0 Å². The predicted octanol–water partition coefficient (Wildman–Crippen LogP) is 0.771. The van der Waals surface area contributed by atoms with Gasteiger partial charge in [0.15, 0.2) is 0 Å². The topological polar surface area (TPSA) is 47.7 Å². The zero-order valence-corrected chi connectivity index (χ0v) is 10.1. The molecule has 0 spiro atoms. The summed E-state index contributed by atoms with van der Waals surface area (Å²) in [5, 5.41) is 12.0. The molecule has 86 valence electrons. The van der Waals surface area contributed by atoms with Crippen molar-refractivity contribution in [2.45, 2.75) is 13.0 Å². The summed E-state index contributed by atoms with van der Waals surface area (Å²) < 4.78 is 3.69. The highest BCUT2D eigenvalue weighted by Crippen LogP contribution is 2.22. The fourth-order valence-corrected chi connectivity index (χ4v) is 1.85. The van der Waals surface area contributed by atoms with Crippen LogP contribution in [0.1, 0.15) is 23.0 Å². The van der Waals surface area contributed by atoms with Crippen molar-refractivity contribution in [3.05, 3.63) is 35.4 Å². The van der Waals surface area contributed by atoms with Crippen LogP contribution >= 0.6 is 0 Å². The number of aryl methyl sites for hydroxylation is 2. The van der Waals surface area contributed by atoms with E-state index >= 15 is 0 Å². The molecule has 2 aromatic rings. The Balaban J connectivity index is 2.40. The molecule has 16 heavy (non-hydrogen) atoms. The molecule has 0 aromatic carbocycles. The van der Waals surface area contributed by atoms with Gasteiger partial charge in [0.05, 0.1) is 17.9 Å². The molecule has 0 aliphatic heterocycles. The van der Waals surface area contributed by atoms with Crippen LogP contribution in [0.3, 0.4) is 0 Å². The number of nitrogens with zero attached hydrogens (tertiary/aromatic N) is 4. The molecule has 1 N–H and O–H groups in total. The van der Waals surface area contributed by atoms with Crippen molar-refractivity contribution in [2.75, 3.05) is 7.05 Å². The molecule has 0 amide bonds. The van der Waals surface area contributed by atoms with Crippen LogP contribution in [0.2, 0.25) is 0 Å². The molecule has 0 radical (unpaired) electrons. The second-order valence-electron chi connectivity index (χ2n) is 3.94. The molecular formula is C11H17N5. The van der Waals surface area contributed by atoms with Crippen molar-refractivity contribution in [1.29, 1.82) is 0 Å². The van der Waals surface area contributed by atoms with Crippen LogP contribution < -0.4 is 5.32 Å². The molecule has 5 heteroatoms. The SMILES string of the molecule is CNC(c1ccn(C)n1)c1cnn(C)c1C. The summed E-state index contributed by atoms with van der Waals surface area (Å²) in [7, 11) is 5.81. The van der Waals surface area contributed by atoms with E-state index in [1.807, 2.05) is 49.0 Å². The summed E-state index contributed by atoms with van der Waals surface area (Å²) in [5.41, 5.74) is 3.34. The van der Waals surface area contributed by atoms with Crippen molar-refractivity contribution >= 4 is 0 Å². The third-order valence-corrected chi connectivity index (χ3v) is 2.90. The lowest BCUT2D eigenvalue weighted by Gasteiger charge is -2.13. The Kier molecular flexibility index (Phi) is 2.78. The molecule has 0 aliphatic carbocycles. The minimum absolute atomic E-state index is 0.106. The quantitative estimate of drug-likeness (QED) is 0.829. The number of nitrogens with one attached hydrogen (secondary N) is 1. The summed E-state index contributed by atoms with van der Waals surface area (Å²) in [5.74, 6) is 0.